The van der Waals surface area contributed by atoms with Crippen LogP contribution in [0.25, 0.3) is 10.9 Å². The van der Waals surface area contributed by atoms with Crippen molar-refractivity contribution in [2.45, 2.75) is 43.8 Å². The molecule has 130 valence electrons. The number of H-pyrrole nitrogens is 1. The molecule has 0 atom stereocenters. The number of para-hydroxylation sites is 1. The summed E-state index contributed by atoms with van der Waals surface area (Å²) in [6, 6.07) is 8.12. The predicted octanol–water partition coefficient (Wildman–Crippen LogP) is 2.57. The molecule has 24 heavy (non-hydrogen) atoms. The molecule has 6 heteroatoms. The summed E-state index contributed by atoms with van der Waals surface area (Å²) in [6.07, 6.45) is 6.95. The van der Waals surface area contributed by atoms with Gasteiger partial charge in [0.25, 0.3) is 0 Å². The van der Waals surface area contributed by atoms with Crippen molar-refractivity contribution in [1.82, 2.24) is 10.3 Å². The van der Waals surface area contributed by atoms with E-state index in [-0.39, 0.29) is 16.9 Å². The number of aryl methyl sites for hydroxylation is 1. The number of carbonyl (C=O) groups excluding carboxylic acids is 1. The van der Waals surface area contributed by atoms with Crippen molar-refractivity contribution in [1.29, 1.82) is 0 Å². The van der Waals surface area contributed by atoms with E-state index in [1.807, 2.05) is 24.4 Å². The van der Waals surface area contributed by atoms with Gasteiger partial charge in [-0.1, -0.05) is 31.0 Å². The predicted molar refractivity (Wildman–Crippen MR) is 95.7 cm³/mol. The Kier molecular flexibility index (Phi) is 5.23. The number of nitrogens with one attached hydrogen (secondary N) is 2. The van der Waals surface area contributed by atoms with Gasteiger partial charge in [0.1, 0.15) is 5.75 Å². The second kappa shape index (κ2) is 7.38. The Balaban J connectivity index is 1.44. The Morgan fingerprint density at radius 2 is 1.96 bits per heavy atom. The highest BCUT2D eigenvalue weighted by Crippen LogP contribution is 2.25. The van der Waals surface area contributed by atoms with Gasteiger partial charge < -0.3 is 10.3 Å². The second-order valence-electron chi connectivity index (χ2n) is 6.53. The first-order valence-corrected chi connectivity index (χ1v) is 10.3. The summed E-state index contributed by atoms with van der Waals surface area (Å²) in [4.78, 5) is 15.1. The topological polar surface area (TPSA) is 79.0 Å². The van der Waals surface area contributed by atoms with E-state index in [0.717, 1.165) is 31.2 Å². The summed E-state index contributed by atoms with van der Waals surface area (Å²) in [5.74, 6) is -0.745. The molecular weight excluding hydrogens is 324 g/mol. The van der Waals surface area contributed by atoms with E-state index < -0.39 is 9.84 Å². The van der Waals surface area contributed by atoms with Gasteiger partial charge in [0.2, 0.25) is 5.91 Å². The molecule has 0 radical (unpaired) electrons. The molecule has 5 nitrogen and oxygen atoms in total. The molecule has 2 N–H and O–H groups in total. The number of aromatic amines is 1. The van der Waals surface area contributed by atoms with E-state index in [9.17, 15) is 13.2 Å². The molecule has 1 aliphatic carbocycles. The zero-order chi connectivity index (χ0) is 17.0. The van der Waals surface area contributed by atoms with Crippen LogP contribution in [0.15, 0.2) is 30.5 Å². The van der Waals surface area contributed by atoms with Crippen molar-refractivity contribution in [2.75, 3.05) is 12.3 Å². The highest BCUT2D eigenvalue weighted by Gasteiger charge is 2.30. The summed E-state index contributed by atoms with van der Waals surface area (Å²) < 4.78 is 24.3. The Morgan fingerprint density at radius 1 is 1.21 bits per heavy atom. The average Bonchev–Trinajstić information content (AvgIpc) is 3.21. The highest BCUT2D eigenvalue weighted by molar-refractivity contribution is 7.92. The van der Waals surface area contributed by atoms with Crippen LogP contribution in [0.5, 0.6) is 0 Å². The van der Waals surface area contributed by atoms with Crippen LogP contribution in [-0.4, -0.2) is 36.9 Å². The van der Waals surface area contributed by atoms with Crippen LogP contribution >= 0.6 is 0 Å². The number of rotatable bonds is 7. The maximum absolute atomic E-state index is 12.1. The van der Waals surface area contributed by atoms with E-state index in [1.54, 1.807) is 0 Å². The van der Waals surface area contributed by atoms with Gasteiger partial charge in [0.15, 0.2) is 9.84 Å². The number of benzene rings is 1. The normalized spacial score (nSPS) is 15.8. The molecule has 1 aromatic carbocycles. The Labute approximate surface area is 142 Å². The lowest BCUT2D eigenvalue weighted by Gasteiger charge is -2.11. The van der Waals surface area contributed by atoms with Crippen molar-refractivity contribution in [3.63, 3.8) is 0 Å². The minimum absolute atomic E-state index is 0.311. The molecular formula is C18H24N2O3S. The average molecular weight is 348 g/mol. The maximum Gasteiger partial charge on any atom is 0.235 e. The van der Waals surface area contributed by atoms with Crippen molar-refractivity contribution in [3.05, 3.63) is 36.0 Å². The van der Waals surface area contributed by atoms with Crippen LogP contribution in [-0.2, 0) is 21.1 Å². The van der Waals surface area contributed by atoms with E-state index in [2.05, 4.69) is 16.4 Å². The van der Waals surface area contributed by atoms with Crippen LogP contribution in [0.2, 0.25) is 0 Å². The van der Waals surface area contributed by atoms with Gasteiger partial charge in [-0.05, 0) is 37.3 Å². The number of sulfone groups is 1. The van der Waals surface area contributed by atoms with Crippen molar-refractivity contribution in [2.24, 2.45) is 0 Å². The lowest BCUT2D eigenvalue weighted by atomic mass is 10.1. The lowest BCUT2D eigenvalue weighted by Crippen LogP contribution is -2.34. The van der Waals surface area contributed by atoms with Crippen LogP contribution in [0.3, 0.4) is 0 Å². The second-order valence-corrected chi connectivity index (χ2v) is 8.81. The standard InChI is InChI=1S/C18H24N2O3S/c21-18(13-24(22,23)15-7-1-2-8-15)19-11-5-6-14-12-20-17-10-4-3-9-16(14)17/h3-4,9-10,12,15,20H,1-2,5-8,11,13H2,(H,19,21). The van der Waals surface area contributed by atoms with Crippen molar-refractivity contribution >= 4 is 26.6 Å². The largest absolute Gasteiger partial charge is 0.361 e. The van der Waals surface area contributed by atoms with Crippen LogP contribution in [0, 0.1) is 0 Å². The van der Waals surface area contributed by atoms with Gasteiger partial charge in [0.05, 0.1) is 5.25 Å². The van der Waals surface area contributed by atoms with Crippen LogP contribution < -0.4 is 5.32 Å². The van der Waals surface area contributed by atoms with E-state index in [4.69, 9.17) is 0 Å². The highest BCUT2D eigenvalue weighted by atomic mass is 32.2. The number of carbonyl (C=O) groups is 1. The van der Waals surface area contributed by atoms with Crippen molar-refractivity contribution in [3.8, 4) is 0 Å². The third-order valence-electron chi connectivity index (χ3n) is 4.76. The molecule has 0 unspecified atom stereocenters. The van der Waals surface area contributed by atoms with E-state index >= 15 is 0 Å². The molecule has 3 rings (SSSR count). The summed E-state index contributed by atoms with van der Waals surface area (Å²) in [5, 5.41) is 3.64. The summed E-state index contributed by atoms with van der Waals surface area (Å²) >= 11 is 0. The maximum atomic E-state index is 12.1. The third kappa shape index (κ3) is 3.98. The first kappa shape index (κ1) is 17.0. The van der Waals surface area contributed by atoms with Gasteiger partial charge in [-0.25, -0.2) is 8.42 Å². The molecule has 1 aromatic heterocycles. The van der Waals surface area contributed by atoms with Gasteiger partial charge in [-0.15, -0.1) is 0 Å². The molecule has 1 heterocycles. The smallest absolute Gasteiger partial charge is 0.235 e. The molecule has 0 saturated heterocycles. The monoisotopic (exact) mass is 348 g/mol. The van der Waals surface area contributed by atoms with Gasteiger partial charge >= 0.3 is 0 Å². The van der Waals surface area contributed by atoms with Crippen LogP contribution in [0.1, 0.15) is 37.7 Å². The zero-order valence-electron chi connectivity index (χ0n) is 13.8. The molecule has 1 fully saturated rings. The molecule has 0 spiro atoms. The Bertz CT molecular complexity index is 805. The number of aromatic nitrogens is 1. The number of hydrogen-bond acceptors (Lipinski definition) is 3. The van der Waals surface area contributed by atoms with E-state index in [1.165, 1.54) is 10.9 Å². The number of fused-ring (bicyclic) bond motifs is 1. The van der Waals surface area contributed by atoms with Crippen LogP contribution in [0.4, 0.5) is 0 Å². The molecule has 1 saturated carbocycles. The van der Waals surface area contributed by atoms with Gasteiger partial charge in [0, 0.05) is 23.6 Å². The Morgan fingerprint density at radius 3 is 2.75 bits per heavy atom. The summed E-state index contributed by atoms with van der Waals surface area (Å²) in [7, 11) is -3.29. The summed E-state index contributed by atoms with van der Waals surface area (Å²) in [6.45, 7) is 0.499. The quantitative estimate of drug-likeness (QED) is 0.755. The minimum atomic E-state index is -3.29. The first-order chi connectivity index (χ1) is 11.6. The fraction of sp³-hybridized carbons (Fsp3) is 0.500. The van der Waals surface area contributed by atoms with Crippen molar-refractivity contribution < 1.29 is 13.2 Å². The molecule has 1 amide bonds. The number of hydrogen-bond donors (Lipinski definition) is 2. The first-order valence-electron chi connectivity index (χ1n) is 8.59. The van der Waals surface area contributed by atoms with E-state index in [0.29, 0.717) is 19.4 Å². The zero-order valence-corrected chi connectivity index (χ0v) is 14.6. The number of amides is 1. The fourth-order valence-electron chi connectivity index (χ4n) is 3.44. The SMILES string of the molecule is O=C(CS(=O)(=O)C1CCCC1)NCCCc1c[nH]c2ccccc12. The lowest BCUT2D eigenvalue weighted by molar-refractivity contribution is -0.118. The third-order valence-corrected chi connectivity index (χ3v) is 6.91. The minimum Gasteiger partial charge on any atom is -0.361 e. The molecule has 2 aromatic rings. The molecule has 0 bridgehead atoms. The van der Waals surface area contributed by atoms with Gasteiger partial charge in [-0.2, -0.15) is 0 Å². The Hall–Kier alpha value is -1.82. The fourth-order valence-corrected chi connectivity index (χ4v) is 5.20. The summed E-state index contributed by atoms with van der Waals surface area (Å²) in [5.41, 5.74) is 2.33. The molecule has 0 aliphatic heterocycles. The molecule has 1 aliphatic rings. The van der Waals surface area contributed by atoms with Gasteiger partial charge in [-0.3, -0.25) is 4.79 Å².